The molecule has 2 N–H and O–H groups in total. The zero-order valence-corrected chi connectivity index (χ0v) is 10.8. The molecule has 0 unspecified atom stereocenters. The fourth-order valence-electron chi connectivity index (χ4n) is 1.86. The predicted octanol–water partition coefficient (Wildman–Crippen LogP) is 3.45. The van der Waals surface area contributed by atoms with Gasteiger partial charge in [-0.1, -0.05) is 18.2 Å². The number of hydrogen-bond donors (Lipinski definition) is 1. The molecule has 1 heterocycles. The molecular formula is C15H12FN3O. The first-order valence-electron chi connectivity index (χ1n) is 6.10. The van der Waals surface area contributed by atoms with E-state index >= 15 is 0 Å². The van der Waals surface area contributed by atoms with Crippen LogP contribution in [0.25, 0.3) is 11.0 Å². The van der Waals surface area contributed by atoms with E-state index in [0.717, 1.165) is 5.56 Å². The third-order valence-corrected chi connectivity index (χ3v) is 2.92. The highest BCUT2D eigenvalue weighted by atomic mass is 19.1. The third kappa shape index (κ3) is 2.25. The fourth-order valence-corrected chi connectivity index (χ4v) is 1.86. The molecule has 0 amide bonds. The number of benzene rings is 2. The maximum Gasteiger partial charge on any atom is 0.263 e. The maximum absolute atomic E-state index is 13.3. The molecule has 0 bridgehead atoms. The molecule has 1 aromatic heterocycles. The minimum Gasteiger partial charge on any atom is -0.436 e. The predicted molar refractivity (Wildman–Crippen MR) is 75.2 cm³/mol. The van der Waals surface area contributed by atoms with Gasteiger partial charge in [0.2, 0.25) is 0 Å². The number of aryl methyl sites for hydroxylation is 1. The van der Waals surface area contributed by atoms with E-state index in [1.807, 2.05) is 31.2 Å². The van der Waals surface area contributed by atoms with Gasteiger partial charge in [-0.3, -0.25) is 0 Å². The SMILES string of the molecule is Cc1ccc(F)cc1Oc1nc2ccccc2nc1N. The van der Waals surface area contributed by atoms with Crippen molar-refractivity contribution in [3.63, 3.8) is 0 Å². The zero-order valence-electron chi connectivity index (χ0n) is 10.8. The number of rotatable bonds is 2. The maximum atomic E-state index is 13.3. The molecule has 0 spiro atoms. The Morgan fingerprint density at radius 1 is 1.05 bits per heavy atom. The molecule has 100 valence electrons. The molecule has 4 nitrogen and oxygen atoms in total. The van der Waals surface area contributed by atoms with E-state index in [4.69, 9.17) is 10.5 Å². The van der Waals surface area contributed by atoms with Gasteiger partial charge in [0.05, 0.1) is 11.0 Å². The number of nitrogen functional groups attached to an aromatic ring is 1. The van der Waals surface area contributed by atoms with Crippen molar-refractivity contribution in [2.45, 2.75) is 6.92 Å². The Labute approximate surface area is 115 Å². The molecule has 0 atom stereocenters. The van der Waals surface area contributed by atoms with Gasteiger partial charge in [-0.05, 0) is 30.7 Å². The van der Waals surface area contributed by atoms with E-state index in [1.54, 1.807) is 6.07 Å². The van der Waals surface area contributed by atoms with E-state index in [2.05, 4.69) is 9.97 Å². The van der Waals surface area contributed by atoms with Crippen LogP contribution in [0.4, 0.5) is 10.2 Å². The van der Waals surface area contributed by atoms with Crippen LogP contribution >= 0.6 is 0 Å². The van der Waals surface area contributed by atoms with E-state index in [9.17, 15) is 4.39 Å². The molecular weight excluding hydrogens is 257 g/mol. The average Bonchev–Trinajstić information content (AvgIpc) is 2.43. The molecule has 0 aliphatic carbocycles. The molecule has 0 saturated carbocycles. The van der Waals surface area contributed by atoms with Crippen LogP contribution in [-0.2, 0) is 0 Å². The van der Waals surface area contributed by atoms with Crippen LogP contribution in [0, 0.1) is 12.7 Å². The number of ether oxygens (including phenoxy) is 1. The summed E-state index contributed by atoms with van der Waals surface area (Å²) >= 11 is 0. The zero-order chi connectivity index (χ0) is 14.1. The minimum absolute atomic E-state index is 0.173. The van der Waals surface area contributed by atoms with Crippen LogP contribution in [0.1, 0.15) is 5.56 Å². The summed E-state index contributed by atoms with van der Waals surface area (Å²) in [6.45, 7) is 1.82. The quantitative estimate of drug-likeness (QED) is 0.774. The molecule has 2 aromatic carbocycles. The van der Waals surface area contributed by atoms with Gasteiger partial charge >= 0.3 is 0 Å². The minimum atomic E-state index is -0.377. The molecule has 5 heteroatoms. The molecule has 0 aliphatic heterocycles. The van der Waals surface area contributed by atoms with Crippen LogP contribution in [0.2, 0.25) is 0 Å². The summed E-state index contributed by atoms with van der Waals surface area (Å²) in [5.41, 5.74) is 7.98. The van der Waals surface area contributed by atoms with Crippen molar-refractivity contribution in [2.24, 2.45) is 0 Å². The number of hydrogen-bond acceptors (Lipinski definition) is 4. The standard InChI is InChI=1S/C15H12FN3O/c1-9-6-7-10(16)8-13(9)20-15-14(17)18-11-4-2-3-5-12(11)19-15/h2-8H,1H3,(H2,17,18). The molecule has 0 saturated heterocycles. The van der Waals surface area contributed by atoms with Gasteiger partial charge in [0.1, 0.15) is 11.6 Å². The summed E-state index contributed by atoms with van der Waals surface area (Å²) in [7, 11) is 0. The average molecular weight is 269 g/mol. The second-order valence-electron chi connectivity index (χ2n) is 4.41. The van der Waals surface area contributed by atoms with E-state index in [1.165, 1.54) is 12.1 Å². The van der Waals surface area contributed by atoms with Crippen molar-refractivity contribution in [3.8, 4) is 11.6 Å². The molecule has 20 heavy (non-hydrogen) atoms. The highest BCUT2D eigenvalue weighted by Gasteiger charge is 2.10. The highest BCUT2D eigenvalue weighted by Crippen LogP contribution is 2.28. The Hall–Kier alpha value is -2.69. The fraction of sp³-hybridized carbons (Fsp3) is 0.0667. The van der Waals surface area contributed by atoms with Gasteiger partial charge in [0, 0.05) is 6.07 Å². The normalized spacial score (nSPS) is 10.7. The van der Waals surface area contributed by atoms with Crippen LogP contribution in [0.15, 0.2) is 42.5 Å². The Morgan fingerprint density at radius 2 is 1.75 bits per heavy atom. The van der Waals surface area contributed by atoms with Gasteiger partial charge < -0.3 is 10.5 Å². The van der Waals surface area contributed by atoms with Gasteiger partial charge in [-0.25, -0.2) is 14.4 Å². The van der Waals surface area contributed by atoms with Crippen molar-refractivity contribution in [2.75, 3.05) is 5.73 Å². The Balaban J connectivity index is 2.06. The topological polar surface area (TPSA) is 61.0 Å². The lowest BCUT2D eigenvalue weighted by Crippen LogP contribution is -2.00. The molecule has 0 aliphatic rings. The Morgan fingerprint density at radius 3 is 2.50 bits per heavy atom. The summed E-state index contributed by atoms with van der Waals surface area (Å²) < 4.78 is 18.8. The van der Waals surface area contributed by atoms with Crippen LogP contribution in [-0.4, -0.2) is 9.97 Å². The molecule has 0 fully saturated rings. The second-order valence-corrected chi connectivity index (χ2v) is 4.41. The first kappa shape index (κ1) is 12.3. The summed E-state index contributed by atoms with van der Waals surface area (Å²) in [6.07, 6.45) is 0. The summed E-state index contributed by atoms with van der Waals surface area (Å²) in [4.78, 5) is 8.53. The van der Waals surface area contributed by atoms with Crippen LogP contribution in [0.5, 0.6) is 11.6 Å². The Bertz CT molecular complexity index is 789. The monoisotopic (exact) mass is 269 g/mol. The Kier molecular flexibility index (Phi) is 2.95. The first-order chi connectivity index (χ1) is 9.63. The molecule has 3 aromatic rings. The van der Waals surface area contributed by atoms with Crippen molar-refractivity contribution in [1.29, 1.82) is 0 Å². The third-order valence-electron chi connectivity index (χ3n) is 2.92. The van der Waals surface area contributed by atoms with Gasteiger partial charge in [0.15, 0.2) is 5.82 Å². The lowest BCUT2D eigenvalue weighted by molar-refractivity contribution is 0.457. The number of nitrogens with two attached hydrogens (primary N) is 1. The van der Waals surface area contributed by atoms with Gasteiger partial charge in [-0.2, -0.15) is 0 Å². The largest absolute Gasteiger partial charge is 0.436 e. The van der Waals surface area contributed by atoms with Crippen molar-refractivity contribution >= 4 is 16.9 Å². The number of fused-ring (bicyclic) bond motifs is 1. The van der Waals surface area contributed by atoms with Gasteiger partial charge in [0.25, 0.3) is 5.88 Å². The number of nitrogens with zero attached hydrogens (tertiary/aromatic N) is 2. The van der Waals surface area contributed by atoms with E-state index in [0.29, 0.717) is 16.8 Å². The van der Waals surface area contributed by atoms with E-state index < -0.39 is 0 Å². The second kappa shape index (κ2) is 4.77. The smallest absolute Gasteiger partial charge is 0.263 e. The van der Waals surface area contributed by atoms with Gasteiger partial charge in [-0.15, -0.1) is 0 Å². The van der Waals surface area contributed by atoms with Crippen molar-refractivity contribution in [3.05, 3.63) is 53.8 Å². The highest BCUT2D eigenvalue weighted by molar-refractivity contribution is 5.76. The lowest BCUT2D eigenvalue weighted by atomic mass is 10.2. The lowest BCUT2D eigenvalue weighted by Gasteiger charge is -2.10. The number of para-hydroxylation sites is 2. The van der Waals surface area contributed by atoms with Crippen molar-refractivity contribution in [1.82, 2.24) is 9.97 Å². The number of anilines is 1. The molecule has 0 radical (unpaired) electrons. The van der Waals surface area contributed by atoms with Crippen molar-refractivity contribution < 1.29 is 9.13 Å². The summed E-state index contributed by atoms with van der Waals surface area (Å²) in [5, 5.41) is 0. The first-order valence-corrected chi connectivity index (χ1v) is 6.10. The van der Waals surface area contributed by atoms with Crippen LogP contribution < -0.4 is 10.5 Å². The number of aromatic nitrogens is 2. The van der Waals surface area contributed by atoms with E-state index in [-0.39, 0.29) is 17.5 Å². The summed E-state index contributed by atoms with van der Waals surface area (Å²) in [5.74, 6) is 0.351. The number of halogens is 1. The van der Waals surface area contributed by atoms with Crippen LogP contribution in [0.3, 0.4) is 0 Å². The molecule has 3 rings (SSSR count). The summed E-state index contributed by atoms with van der Waals surface area (Å²) in [6, 6.07) is 11.6.